The molecule has 0 aliphatic heterocycles. The smallest absolute Gasteiger partial charge is 0.0910 e. The number of rotatable bonds is 5. The molecule has 110 valence electrons. The summed E-state index contributed by atoms with van der Waals surface area (Å²) < 4.78 is 0. The van der Waals surface area contributed by atoms with Gasteiger partial charge in [-0.1, -0.05) is 17.7 Å². The van der Waals surface area contributed by atoms with E-state index in [9.17, 15) is 0 Å². The van der Waals surface area contributed by atoms with Gasteiger partial charge >= 0.3 is 0 Å². The Kier molecular flexibility index (Phi) is 5.34. The minimum Gasteiger partial charge on any atom is -0.366 e. The summed E-state index contributed by atoms with van der Waals surface area (Å²) in [5.74, 6) is 0. The van der Waals surface area contributed by atoms with Gasteiger partial charge in [-0.25, -0.2) is 4.99 Å². The van der Waals surface area contributed by atoms with E-state index < -0.39 is 0 Å². The van der Waals surface area contributed by atoms with Crippen molar-refractivity contribution in [1.29, 1.82) is 0 Å². The van der Waals surface area contributed by atoms with E-state index in [2.05, 4.69) is 29.9 Å². The zero-order valence-electron chi connectivity index (χ0n) is 12.7. The van der Waals surface area contributed by atoms with Crippen molar-refractivity contribution in [2.45, 2.75) is 20.3 Å². The van der Waals surface area contributed by atoms with Crippen molar-refractivity contribution in [3.05, 3.63) is 58.4 Å². The molecule has 3 nitrogen and oxygen atoms in total. The predicted molar refractivity (Wildman–Crippen MR) is 89.7 cm³/mol. The van der Waals surface area contributed by atoms with Gasteiger partial charge in [-0.15, -0.1) is 0 Å². The second-order valence-corrected chi connectivity index (χ2v) is 5.49. The van der Waals surface area contributed by atoms with E-state index in [1.807, 2.05) is 36.3 Å². The largest absolute Gasteiger partial charge is 0.366 e. The first-order chi connectivity index (χ1) is 10.1. The van der Waals surface area contributed by atoms with Crippen molar-refractivity contribution in [3.8, 4) is 0 Å². The van der Waals surface area contributed by atoms with E-state index in [0.717, 1.165) is 18.7 Å². The van der Waals surface area contributed by atoms with Gasteiger partial charge in [0.05, 0.1) is 17.0 Å². The number of hydrogen-bond acceptors (Lipinski definition) is 2. The molecule has 0 aliphatic rings. The van der Waals surface area contributed by atoms with E-state index in [1.165, 1.54) is 16.7 Å². The van der Waals surface area contributed by atoms with Gasteiger partial charge in [0.15, 0.2) is 0 Å². The molecule has 1 aromatic heterocycles. The molecule has 2 aromatic rings. The third kappa shape index (κ3) is 4.30. The average Bonchev–Trinajstić information content (AvgIpc) is 2.50. The molecule has 0 fully saturated rings. The lowest BCUT2D eigenvalue weighted by Gasteiger charge is -2.11. The Morgan fingerprint density at radius 1 is 1.38 bits per heavy atom. The summed E-state index contributed by atoms with van der Waals surface area (Å²) in [5, 5.41) is 0.681. The minimum absolute atomic E-state index is 0.681. The third-order valence-corrected chi connectivity index (χ3v) is 3.72. The number of hydrogen-bond donors (Lipinski definition) is 0. The lowest BCUT2D eigenvalue weighted by Crippen LogP contribution is -2.14. The Hall–Kier alpha value is -1.87. The van der Waals surface area contributed by atoms with Crippen LogP contribution in [0.3, 0.4) is 0 Å². The maximum atomic E-state index is 6.35. The fourth-order valence-electron chi connectivity index (χ4n) is 1.96. The summed E-state index contributed by atoms with van der Waals surface area (Å²) >= 11 is 6.35. The molecule has 0 amide bonds. The topological polar surface area (TPSA) is 28.5 Å². The first kappa shape index (κ1) is 15.5. The number of aromatic nitrogens is 1. The molecule has 0 atom stereocenters. The van der Waals surface area contributed by atoms with Gasteiger partial charge in [0.2, 0.25) is 0 Å². The number of halogens is 1. The van der Waals surface area contributed by atoms with Crippen LogP contribution in [0.25, 0.3) is 0 Å². The molecule has 0 bridgehead atoms. The Labute approximate surface area is 131 Å². The molecule has 0 saturated carbocycles. The van der Waals surface area contributed by atoms with Crippen LogP contribution >= 0.6 is 11.6 Å². The maximum Gasteiger partial charge on any atom is 0.0910 e. The van der Waals surface area contributed by atoms with Crippen LogP contribution in [0.1, 0.15) is 23.6 Å². The van der Waals surface area contributed by atoms with Crippen LogP contribution in [0.4, 0.5) is 5.69 Å². The third-order valence-electron chi connectivity index (χ3n) is 3.42. The van der Waals surface area contributed by atoms with Gasteiger partial charge < -0.3 is 4.90 Å². The summed E-state index contributed by atoms with van der Waals surface area (Å²) in [6.45, 7) is 5.08. The molecule has 0 radical (unpaired) electrons. The molecule has 0 N–H and O–H groups in total. The monoisotopic (exact) mass is 301 g/mol. The van der Waals surface area contributed by atoms with E-state index in [0.29, 0.717) is 5.02 Å². The fourth-order valence-corrected chi connectivity index (χ4v) is 2.20. The van der Waals surface area contributed by atoms with Crippen molar-refractivity contribution in [1.82, 2.24) is 9.88 Å². The highest BCUT2D eigenvalue weighted by Gasteiger charge is 2.06. The number of benzene rings is 1. The van der Waals surface area contributed by atoms with Gasteiger partial charge in [-0.2, -0.15) is 0 Å². The van der Waals surface area contributed by atoms with Crippen LogP contribution in [0.15, 0.2) is 41.7 Å². The van der Waals surface area contributed by atoms with Gasteiger partial charge in [0.25, 0.3) is 0 Å². The van der Waals surface area contributed by atoms with Crippen molar-refractivity contribution in [3.63, 3.8) is 0 Å². The van der Waals surface area contributed by atoms with Gasteiger partial charge in [0, 0.05) is 26.0 Å². The Morgan fingerprint density at radius 3 is 2.86 bits per heavy atom. The molecule has 0 spiro atoms. The Morgan fingerprint density at radius 2 is 2.19 bits per heavy atom. The quantitative estimate of drug-likeness (QED) is 0.610. The van der Waals surface area contributed by atoms with Crippen LogP contribution in [0, 0.1) is 6.92 Å². The van der Waals surface area contributed by atoms with E-state index in [4.69, 9.17) is 11.6 Å². The normalized spacial score (nSPS) is 11.0. The molecule has 1 heterocycles. The SMILES string of the molecule is CCN(C)C=Nc1cc(C)c(Cc2cccnc2)cc1Cl. The van der Waals surface area contributed by atoms with Crippen LogP contribution in [0.2, 0.25) is 5.02 Å². The van der Waals surface area contributed by atoms with Gasteiger partial charge in [-0.05, 0) is 55.2 Å². The van der Waals surface area contributed by atoms with Crippen molar-refractivity contribution in [2.75, 3.05) is 13.6 Å². The highest BCUT2D eigenvalue weighted by molar-refractivity contribution is 6.33. The molecular weight excluding hydrogens is 282 g/mol. The summed E-state index contributed by atoms with van der Waals surface area (Å²) in [7, 11) is 1.99. The highest BCUT2D eigenvalue weighted by atomic mass is 35.5. The van der Waals surface area contributed by atoms with Crippen LogP contribution in [-0.4, -0.2) is 29.8 Å². The van der Waals surface area contributed by atoms with E-state index in [1.54, 1.807) is 12.5 Å². The summed E-state index contributed by atoms with van der Waals surface area (Å²) in [6.07, 6.45) is 6.31. The summed E-state index contributed by atoms with van der Waals surface area (Å²) in [6, 6.07) is 8.06. The lowest BCUT2D eigenvalue weighted by atomic mass is 10.0. The maximum absolute atomic E-state index is 6.35. The molecule has 0 aliphatic carbocycles. The highest BCUT2D eigenvalue weighted by Crippen LogP contribution is 2.29. The van der Waals surface area contributed by atoms with E-state index >= 15 is 0 Å². The molecule has 21 heavy (non-hydrogen) atoms. The van der Waals surface area contributed by atoms with Gasteiger partial charge in [-0.3, -0.25) is 4.98 Å². The molecule has 1 aromatic carbocycles. The molecule has 0 saturated heterocycles. The summed E-state index contributed by atoms with van der Waals surface area (Å²) in [4.78, 5) is 10.6. The predicted octanol–water partition coefficient (Wildman–Crippen LogP) is 4.25. The molecule has 2 rings (SSSR count). The molecule has 0 unspecified atom stereocenters. The van der Waals surface area contributed by atoms with Crippen molar-refractivity contribution < 1.29 is 0 Å². The summed E-state index contributed by atoms with van der Waals surface area (Å²) in [5.41, 5.74) is 4.38. The fraction of sp³-hybridized carbons (Fsp3) is 0.294. The second kappa shape index (κ2) is 7.23. The molecule has 4 heteroatoms. The van der Waals surface area contributed by atoms with Crippen molar-refractivity contribution >= 4 is 23.6 Å². The Balaban J connectivity index is 2.23. The number of aliphatic imine (C=N–C) groups is 1. The Bertz CT molecular complexity index is 623. The number of pyridine rings is 1. The average molecular weight is 302 g/mol. The van der Waals surface area contributed by atoms with Gasteiger partial charge in [0.1, 0.15) is 0 Å². The van der Waals surface area contributed by atoms with Crippen LogP contribution in [0.5, 0.6) is 0 Å². The van der Waals surface area contributed by atoms with Crippen LogP contribution < -0.4 is 0 Å². The zero-order valence-corrected chi connectivity index (χ0v) is 13.4. The zero-order chi connectivity index (χ0) is 15.2. The number of aryl methyl sites for hydroxylation is 1. The number of nitrogens with zero attached hydrogens (tertiary/aromatic N) is 3. The first-order valence-electron chi connectivity index (χ1n) is 7.02. The standard InChI is InChI=1S/C17H20ClN3/c1-4-21(3)12-20-17-8-13(2)15(10-16(17)18)9-14-6-5-7-19-11-14/h5-8,10-12H,4,9H2,1-3H3. The van der Waals surface area contributed by atoms with E-state index in [-0.39, 0.29) is 0 Å². The van der Waals surface area contributed by atoms with Crippen LogP contribution in [-0.2, 0) is 6.42 Å². The minimum atomic E-state index is 0.681. The molecular formula is C17H20ClN3. The lowest BCUT2D eigenvalue weighted by molar-refractivity contribution is 0.552. The van der Waals surface area contributed by atoms with Crippen molar-refractivity contribution in [2.24, 2.45) is 4.99 Å². The second-order valence-electron chi connectivity index (χ2n) is 5.09. The first-order valence-corrected chi connectivity index (χ1v) is 7.40.